The van der Waals surface area contributed by atoms with E-state index in [4.69, 9.17) is 0 Å². The molecule has 2 rings (SSSR count). The summed E-state index contributed by atoms with van der Waals surface area (Å²) in [6, 6.07) is 2.31. The maximum absolute atomic E-state index is 13.8. The van der Waals surface area contributed by atoms with E-state index in [2.05, 4.69) is 10.6 Å². The Morgan fingerprint density at radius 3 is 2.29 bits per heavy atom. The third kappa shape index (κ3) is 5.69. The molecule has 1 aliphatic heterocycles. The number of benzene rings is 1. The molecule has 1 aromatic carbocycles. The van der Waals surface area contributed by atoms with Crippen LogP contribution in [0.15, 0.2) is 23.1 Å². The second-order valence-electron chi connectivity index (χ2n) is 7.03. The van der Waals surface area contributed by atoms with Crippen LogP contribution in [-0.2, 0) is 14.8 Å². The highest BCUT2D eigenvalue weighted by atomic mass is 32.2. The first-order valence-electron chi connectivity index (χ1n) is 8.96. The Morgan fingerprint density at radius 1 is 1.18 bits per heavy atom. The van der Waals surface area contributed by atoms with E-state index >= 15 is 0 Å². The molecule has 3 amide bonds. The van der Waals surface area contributed by atoms with Crippen LogP contribution in [0.25, 0.3) is 0 Å². The molecule has 3 N–H and O–H groups in total. The van der Waals surface area contributed by atoms with Gasteiger partial charge in [0, 0.05) is 6.54 Å². The molecule has 1 fully saturated rings. The second kappa shape index (κ2) is 9.39. The van der Waals surface area contributed by atoms with Gasteiger partial charge in [-0.2, -0.15) is 4.31 Å². The van der Waals surface area contributed by atoms with Crippen molar-refractivity contribution in [2.75, 3.05) is 39.3 Å². The van der Waals surface area contributed by atoms with E-state index in [-0.39, 0.29) is 38.6 Å². The molecule has 0 spiro atoms. The number of rotatable bonds is 6. The zero-order chi connectivity index (χ0) is 20.9. The molecule has 0 bridgehead atoms. The first-order valence-corrected chi connectivity index (χ1v) is 10.4. The SMILES string of the molecule is CC(C)CNC(=O)NC(=O)C[NH+]1CCN(S(=O)(=O)c2c(F)cccc2F)CC1. The molecule has 11 heteroatoms. The average molecular weight is 419 g/mol. The van der Waals surface area contributed by atoms with Gasteiger partial charge in [0.25, 0.3) is 5.91 Å². The van der Waals surface area contributed by atoms with Crippen molar-refractivity contribution in [3.8, 4) is 0 Å². The average Bonchev–Trinajstić information content (AvgIpc) is 2.60. The number of quaternary nitrogens is 1. The Bertz CT molecular complexity index is 804. The Kier molecular flexibility index (Phi) is 7.44. The Morgan fingerprint density at radius 2 is 1.75 bits per heavy atom. The predicted octanol–water partition coefficient (Wildman–Crippen LogP) is -0.664. The van der Waals surface area contributed by atoms with Crippen molar-refractivity contribution in [3.63, 3.8) is 0 Å². The van der Waals surface area contributed by atoms with Crippen molar-refractivity contribution < 1.29 is 31.7 Å². The standard InChI is InChI=1S/C17H24F2N4O4S/c1-12(2)10-20-17(25)21-15(24)11-22-6-8-23(9-7-22)28(26,27)16-13(18)4-3-5-14(16)19/h3-5,12H,6-11H2,1-2H3,(H2,20,21,24,25)/p+1. The van der Waals surface area contributed by atoms with Gasteiger partial charge >= 0.3 is 6.03 Å². The summed E-state index contributed by atoms with van der Waals surface area (Å²) in [5.74, 6) is -2.50. The molecule has 0 aliphatic carbocycles. The number of sulfonamides is 1. The van der Waals surface area contributed by atoms with Crippen LogP contribution in [0.5, 0.6) is 0 Å². The third-order valence-electron chi connectivity index (χ3n) is 4.28. The number of imide groups is 1. The highest BCUT2D eigenvalue weighted by molar-refractivity contribution is 7.89. The van der Waals surface area contributed by atoms with Crippen molar-refractivity contribution in [2.45, 2.75) is 18.7 Å². The van der Waals surface area contributed by atoms with Gasteiger partial charge < -0.3 is 10.2 Å². The third-order valence-corrected chi connectivity index (χ3v) is 6.23. The van der Waals surface area contributed by atoms with Crippen LogP contribution in [0, 0.1) is 17.6 Å². The summed E-state index contributed by atoms with van der Waals surface area (Å²) in [4.78, 5) is 23.3. The first kappa shape index (κ1) is 22.2. The fraction of sp³-hybridized carbons (Fsp3) is 0.529. The smallest absolute Gasteiger partial charge is 0.321 e. The minimum atomic E-state index is -4.30. The van der Waals surface area contributed by atoms with Gasteiger partial charge in [0.05, 0.1) is 26.2 Å². The molecule has 1 heterocycles. The van der Waals surface area contributed by atoms with Crippen molar-refractivity contribution >= 4 is 22.0 Å². The van der Waals surface area contributed by atoms with Gasteiger partial charge in [-0.15, -0.1) is 0 Å². The van der Waals surface area contributed by atoms with E-state index in [1.54, 1.807) is 0 Å². The summed E-state index contributed by atoms with van der Waals surface area (Å²) >= 11 is 0. The number of urea groups is 1. The summed E-state index contributed by atoms with van der Waals surface area (Å²) in [6.45, 7) is 4.86. The van der Waals surface area contributed by atoms with Gasteiger partial charge in [0.2, 0.25) is 10.0 Å². The van der Waals surface area contributed by atoms with E-state index in [0.29, 0.717) is 6.54 Å². The maximum Gasteiger partial charge on any atom is 0.321 e. The molecule has 1 aromatic rings. The molecule has 0 aromatic heterocycles. The van der Waals surface area contributed by atoms with E-state index in [9.17, 15) is 26.8 Å². The molecule has 1 aliphatic rings. The van der Waals surface area contributed by atoms with E-state index in [1.807, 2.05) is 13.8 Å². The largest absolute Gasteiger partial charge is 0.338 e. The molecule has 0 unspecified atom stereocenters. The minimum absolute atomic E-state index is 0.00293. The van der Waals surface area contributed by atoms with Crippen LogP contribution in [0.3, 0.4) is 0 Å². The monoisotopic (exact) mass is 419 g/mol. The van der Waals surface area contributed by atoms with Crippen LogP contribution in [0.1, 0.15) is 13.8 Å². The number of nitrogens with one attached hydrogen (secondary N) is 3. The van der Waals surface area contributed by atoms with Crippen LogP contribution < -0.4 is 15.5 Å². The first-order chi connectivity index (χ1) is 13.1. The fourth-order valence-electron chi connectivity index (χ4n) is 2.82. The second-order valence-corrected chi connectivity index (χ2v) is 8.91. The molecule has 1 saturated heterocycles. The maximum atomic E-state index is 13.8. The molecule has 8 nitrogen and oxygen atoms in total. The van der Waals surface area contributed by atoms with Crippen molar-refractivity contribution in [1.29, 1.82) is 0 Å². The number of nitrogens with zero attached hydrogens (tertiary/aromatic N) is 1. The van der Waals surface area contributed by atoms with Crippen molar-refractivity contribution in [2.24, 2.45) is 5.92 Å². The molecule has 156 valence electrons. The predicted molar refractivity (Wildman–Crippen MR) is 97.1 cm³/mol. The molecule has 0 atom stereocenters. The van der Waals surface area contributed by atoms with Crippen LogP contribution >= 0.6 is 0 Å². The summed E-state index contributed by atoms with van der Waals surface area (Å²) in [7, 11) is -4.30. The van der Waals surface area contributed by atoms with Crippen molar-refractivity contribution in [3.05, 3.63) is 29.8 Å². The highest BCUT2D eigenvalue weighted by Crippen LogP contribution is 2.22. The quantitative estimate of drug-likeness (QED) is 0.570. The van der Waals surface area contributed by atoms with Gasteiger partial charge in [0.15, 0.2) is 11.4 Å². The number of carbonyl (C=O) groups excluding carboxylic acids is 2. The van der Waals surface area contributed by atoms with Crippen LogP contribution in [0.2, 0.25) is 0 Å². The highest BCUT2D eigenvalue weighted by Gasteiger charge is 2.34. The number of piperazine rings is 1. The van der Waals surface area contributed by atoms with E-state index in [1.165, 1.54) is 0 Å². The number of halogens is 2. The number of hydrogen-bond acceptors (Lipinski definition) is 4. The Balaban J connectivity index is 1.89. The molecular weight excluding hydrogens is 394 g/mol. The summed E-state index contributed by atoms with van der Waals surface area (Å²) in [6.07, 6.45) is 0. The lowest BCUT2D eigenvalue weighted by molar-refractivity contribution is -0.895. The summed E-state index contributed by atoms with van der Waals surface area (Å²) in [5.41, 5.74) is 0. The minimum Gasteiger partial charge on any atom is -0.338 e. The van der Waals surface area contributed by atoms with Crippen molar-refractivity contribution in [1.82, 2.24) is 14.9 Å². The van der Waals surface area contributed by atoms with Crippen LogP contribution in [-0.4, -0.2) is 63.9 Å². The summed E-state index contributed by atoms with van der Waals surface area (Å²) in [5, 5.41) is 4.79. The molecule has 0 saturated carbocycles. The van der Waals surface area contributed by atoms with Gasteiger partial charge in [0.1, 0.15) is 11.6 Å². The zero-order valence-electron chi connectivity index (χ0n) is 15.8. The van der Waals surface area contributed by atoms with E-state index < -0.39 is 38.5 Å². The zero-order valence-corrected chi connectivity index (χ0v) is 16.6. The topological polar surface area (TPSA) is 100 Å². The molecular formula is C17H25F2N4O4S+. The van der Waals surface area contributed by atoms with Crippen LogP contribution in [0.4, 0.5) is 13.6 Å². The summed E-state index contributed by atoms with van der Waals surface area (Å²) < 4.78 is 53.8. The van der Waals surface area contributed by atoms with Gasteiger partial charge in [-0.05, 0) is 18.1 Å². The lowest BCUT2D eigenvalue weighted by atomic mass is 10.2. The molecule has 28 heavy (non-hydrogen) atoms. The normalized spacial score (nSPS) is 16.2. The number of hydrogen-bond donors (Lipinski definition) is 3. The van der Waals surface area contributed by atoms with Gasteiger partial charge in [-0.1, -0.05) is 19.9 Å². The number of carbonyl (C=O) groups is 2. The fourth-order valence-corrected chi connectivity index (χ4v) is 4.37. The lowest BCUT2D eigenvalue weighted by Crippen LogP contribution is -3.15. The molecule has 0 radical (unpaired) electrons. The lowest BCUT2D eigenvalue weighted by Gasteiger charge is -2.31. The Labute approximate surface area is 162 Å². The van der Waals surface area contributed by atoms with E-state index in [0.717, 1.165) is 27.4 Å². The number of amides is 3. The van der Waals surface area contributed by atoms with Gasteiger partial charge in [-0.3, -0.25) is 10.1 Å². The van der Waals surface area contributed by atoms with Gasteiger partial charge in [-0.25, -0.2) is 22.0 Å². The Hall–Kier alpha value is -2.11.